The summed E-state index contributed by atoms with van der Waals surface area (Å²) in [6.45, 7) is 2.50. The molecular weight excluding hydrogens is 192 g/mol. The normalized spacial score (nSPS) is 12.9. The Kier molecular flexibility index (Phi) is 4.63. The van der Waals surface area contributed by atoms with Gasteiger partial charge < -0.3 is 15.5 Å². The minimum absolute atomic E-state index is 0.111. The Bertz CT molecular complexity index is 315. The zero-order valence-corrected chi connectivity index (χ0v) is 8.77. The molecule has 0 radical (unpaired) electrons. The van der Waals surface area contributed by atoms with Crippen LogP contribution in [-0.4, -0.2) is 18.5 Å². The molecular formula is C11H16N2O2. The van der Waals surface area contributed by atoms with Gasteiger partial charge in [0, 0.05) is 18.7 Å². The van der Waals surface area contributed by atoms with Gasteiger partial charge in [0.15, 0.2) is 0 Å². The third-order valence-electron chi connectivity index (χ3n) is 1.84. The molecule has 1 amide bonds. The predicted molar refractivity (Wildman–Crippen MR) is 59.0 cm³/mol. The summed E-state index contributed by atoms with van der Waals surface area (Å²) < 4.78 is 5.04. The van der Waals surface area contributed by atoms with Crippen molar-refractivity contribution in [3.8, 4) is 0 Å². The number of nitrogens with one attached hydrogen (secondary N) is 1. The second kappa shape index (κ2) is 6.03. The quantitative estimate of drug-likeness (QED) is 0.713. The first-order valence-electron chi connectivity index (χ1n) is 4.93. The Balaban J connectivity index is 2.24. The third kappa shape index (κ3) is 5.02. The van der Waals surface area contributed by atoms with Crippen molar-refractivity contribution in [2.24, 2.45) is 5.73 Å². The Morgan fingerprint density at radius 3 is 3.13 bits per heavy atom. The van der Waals surface area contributed by atoms with Crippen LogP contribution in [0.3, 0.4) is 0 Å². The summed E-state index contributed by atoms with van der Waals surface area (Å²) in [6.07, 6.45) is 5.41. The number of rotatable bonds is 5. The van der Waals surface area contributed by atoms with E-state index < -0.39 is 0 Å². The summed E-state index contributed by atoms with van der Waals surface area (Å²) in [7, 11) is 0. The number of hydrogen-bond donors (Lipinski definition) is 2. The van der Waals surface area contributed by atoms with Gasteiger partial charge in [-0.25, -0.2) is 0 Å². The topological polar surface area (TPSA) is 68.3 Å². The number of carbonyl (C=O) groups excluding carboxylic acids is 1. The van der Waals surface area contributed by atoms with Crippen molar-refractivity contribution in [2.75, 3.05) is 6.54 Å². The van der Waals surface area contributed by atoms with Crippen LogP contribution in [-0.2, 0) is 4.79 Å². The Morgan fingerprint density at radius 1 is 1.73 bits per heavy atom. The molecule has 3 N–H and O–H groups in total. The zero-order valence-electron chi connectivity index (χ0n) is 8.77. The van der Waals surface area contributed by atoms with E-state index in [1.54, 1.807) is 24.5 Å². The first-order valence-corrected chi connectivity index (χ1v) is 4.93. The lowest BCUT2D eigenvalue weighted by molar-refractivity contribution is -0.116. The average Bonchev–Trinajstić information content (AvgIpc) is 2.66. The van der Waals surface area contributed by atoms with Crippen LogP contribution in [0.1, 0.15) is 19.1 Å². The van der Waals surface area contributed by atoms with E-state index in [-0.39, 0.29) is 11.9 Å². The largest absolute Gasteiger partial charge is 0.465 e. The Hall–Kier alpha value is -1.55. The van der Waals surface area contributed by atoms with Crippen molar-refractivity contribution in [1.82, 2.24) is 5.32 Å². The van der Waals surface area contributed by atoms with Gasteiger partial charge in [0.2, 0.25) is 5.91 Å². The van der Waals surface area contributed by atoms with Gasteiger partial charge >= 0.3 is 0 Å². The van der Waals surface area contributed by atoms with Crippen molar-refractivity contribution in [3.63, 3.8) is 0 Å². The predicted octanol–water partition coefficient (Wildman–Crippen LogP) is 1.15. The van der Waals surface area contributed by atoms with Crippen molar-refractivity contribution >= 4 is 12.0 Å². The number of amides is 1. The van der Waals surface area contributed by atoms with Crippen molar-refractivity contribution in [2.45, 2.75) is 19.4 Å². The SMILES string of the molecule is CC(N)CCNC(=O)C=Cc1ccco1. The molecule has 1 aromatic rings. The molecule has 1 aromatic heterocycles. The maximum atomic E-state index is 11.2. The van der Waals surface area contributed by atoms with E-state index in [0.29, 0.717) is 12.3 Å². The van der Waals surface area contributed by atoms with Gasteiger partial charge in [0.1, 0.15) is 5.76 Å². The van der Waals surface area contributed by atoms with Crippen LogP contribution in [0.5, 0.6) is 0 Å². The molecule has 0 aromatic carbocycles. The van der Waals surface area contributed by atoms with Crippen molar-refractivity contribution in [3.05, 3.63) is 30.2 Å². The van der Waals surface area contributed by atoms with Crippen LogP contribution in [0.15, 0.2) is 28.9 Å². The molecule has 1 rings (SSSR count). The van der Waals surface area contributed by atoms with E-state index >= 15 is 0 Å². The van der Waals surface area contributed by atoms with Crippen LogP contribution in [0, 0.1) is 0 Å². The van der Waals surface area contributed by atoms with Gasteiger partial charge in [0.25, 0.3) is 0 Å². The first-order chi connectivity index (χ1) is 7.18. The molecule has 4 heteroatoms. The van der Waals surface area contributed by atoms with E-state index in [0.717, 1.165) is 6.42 Å². The number of hydrogen-bond acceptors (Lipinski definition) is 3. The highest BCUT2D eigenvalue weighted by atomic mass is 16.3. The molecule has 0 fully saturated rings. The van der Waals surface area contributed by atoms with Gasteiger partial charge in [-0.1, -0.05) is 0 Å². The van der Waals surface area contributed by atoms with Gasteiger partial charge in [-0.3, -0.25) is 4.79 Å². The summed E-state index contributed by atoms with van der Waals surface area (Å²) in [6, 6.07) is 3.67. The second-order valence-corrected chi connectivity index (χ2v) is 3.41. The molecule has 1 unspecified atom stereocenters. The smallest absolute Gasteiger partial charge is 0.244 e. The van der Waals surface area contributed by atoms with E-state index in [4.69, 9.17) is 10.2 Å². The lowest BCUT2D eigenvalue weighted by Crippen LogP contribution is -2.27. The molecule has 1 heterocycles. The lowest BCUT2D eigenvalue weighted by atomic mass is 10.2. The summed E-state index contributed by atoms with van der Waals surface area (Å²) >= 11 is 0. The number of furan rings is 1. The fourth-order valence-corrected chi connectivity index (χ4v) is 1.03. The minimum Gasteiger partial charge on any atom is -0.465 e. The van der Waals surface area contributed by atoms with E-state index in [1.807, 2.05) is 6.92 Å². The molecule has 82 valence electrons. The maximum absolute atomic E-state index is 11.2. The minimum atomic E-state index is -0.132. The van der Waals surface area contributed by atoms with Crippen LogP contribution in [0.4, 0.5) is 0 Å². The van der Waals surface area contributed by atoms with Gasteiger partial charge in [-0.15, -0.1) is 0 Å². The highest BCUT2D eigenvalue weighted by Gasteiger charge is 1.97. The van der Waals surface area contributed by atoms with Crippen LogP contribution in [0.2, 0.25) is 0 Å². The number of carbonyl (C=O) groups is 1. The second-order valence-electron chi connectivity index (χ2n) is 3.41. The highest BCUT2D eigenvalue weighted by molar-refractivity contribution is 5.91. The van der Waals surface area contributed by atoms with Gasteiger partial charge in [0.05, 0.1) is 6.26 Å². The standard InChI is InChI=1S/C11H16N2O2/c1-9(12)6-7-13-11(14)5-4-10-3-2-8-15-10/h2-5,8-9H,6-7,12H2,1H3,(H,13,14). The summed E-state index contributed by atoms with van der Waals surface area (Å²) in [5.74, 6) is 0.532. The fourth-order valence-electron chi connectivity index (χ4n) is 1.03. The van der Waals surface area contributed by atoms with Gasteiger partial charge in [-0.2, -0.15) is 0 Å². The molecule has 0 aliphatic heterocycles. The molecule has 4 nitrogen and oxygen atoms in total. The van der Waals surface area contributed by atoms with E-state index in [9.17, 15) is 4.79 Å². The van der Waals surface area contributed by atoms with Crippen molar-refractivity contribution in [1.29, 1.82) is 0 Å². The summed E-state index contributed by atoms with van der Waals surface area (Å²) in [5, 5.41) is 2.73. The fraction of sp³-hybridized carbons (Fsp3) is 0.364. The molecule has 0 saturated heterocycles. The Labute approximate surface area is 89.1 Å². The van der Waals surface area contributed by atoms with Crippen LogP contribution >= 0.6 is 0 Å². The molecule has 1 atom stereocenters. The molecule has 0 spiro atoms. The van der Waals surface area contributed by atoms with E-state index in [1.165, 1.54) is 6.08 Å². The summed E-state index contributed by atoms with van der Waals surface area (Å²) in [5.41, 5.74) is 5.55. The van der Waals surface area contributed by atoms with Crippen LogP contribution in [0.25, 0.3) is 6.08 Å². The molecule has 0 aliphatic rings. The average molecular weight is 208 g/mol. The monoisotopic (exact) mass is 208 g/mol. The summed E-state index contributed by atoms with van der Waals surface area (Å²) in [4.78, 5) is 11.2. The first kappa shape index (κ1) is 11.5. The third-order valence-corrected chi connectivity index (χ3v) is 1.84. The molecule has 0 aliphatic carbocycles. The van der Waals surface area contributed by atoms with Crippen LogP contribution < -0.4 is 11.1 Å². The van der Waals surface area contributed by atoms with Gasteiger partial charge in [-0.05, 0) is 31.6 Å². The van der Waals surface area contributed by atoms with Crippen molar-refractivity contribution < 1.29 is 9.21 Å². The zero-order chi connectivity index (χ0) is 11.1. The maximum Gasteiger partial charge on any atom is 0.244 e. The lowest BCUT2D eigenvalue weighted by Gasteiger charge is -2.04. The molecule has 0 bridgehead atoms. The highest BCUT2D eigenvalue weighted by Crippen LogP contribution is 2.01. The number of nitrogens with two attached hydrogens (primary N) is 1. The molecule has 15 heavy (non-hydrogen) atoms. The Morgan fingerprint density at radius 2 is 2.53 bits per heavy atom. The molecule has 0 saturated carbocycles. The van der Waals surface area contributed by atoms with E-state index in [2.05, 4.69) is 5.32 Å².